The second kappa shape index (κ2) is 6.82. The summed E-state index contributed by atoms with van der Waals surface area (Å²) < 4.78 is 10.6. The van der Waals surface area contributed by atoms with Gasteiger partial charge in [-0.2, -0.15) is 0 Å². The molecule has 0 bridgehead atoms. The summed E-state index contributed by atoms with van der Waals surface area (Å²) in [6.45, 7) is 9.13. The van der Waals surface area contributed by atoms with Gasteiger partial charge >= 0.3 is 0 Å². The Morgan fingerprint density at radius 1 is 0.591 bits per heavy atom. The molecular formula is C14H14S8. The average molecular weight is 439 g/mol. The molecule has 0 fully saturated rings. The van der Waals surface area contributed by atoms with Crippen LogP contribution in [0.5, 0.6) is 0 Å². The van der Waals surface area contributed by atoms with Crippen molar-refractivity contribution in [2.75, 3.05) is 0 Å². The van der Waals surface area contributed by atoms with Crippen molar-refractivity contribution in [1.29, 1.82) is 0 Å². The van der Waals surface area contributed by atoms with Gasteiger partial charge in [0, 0.05) is 14.7 Å². The minimum Gasteiger partial charge on any atom is -0.113 e. The molecule has 0 aromatic carbocycles. The monoisotopic (exact) mass is 438 g/mol. The Balaban J connectivity index is 1.48. The van der Waals surface area contributed by atoms with E-state index in [2.05, 4.69) is 51.2 Å². The van der Waals surface area contributed by atoms with Gasteiger partial charge in [0.2, 0.25) is 0 Å². The van der Waals surface area contributed by atoms with Gasteiger partial charge in [0.25, 0.3) is 0 Å². The smallest absolute Gasteiger partial charge is 0.0718 e. The highest BCUT2D eigenvalue weighted by Crippen LogP contribution is 2.71. The van der Waals surface area contributed by atoms with Gasteiger partial charge in [0.15, 0.2) is 0 Å². The number of rotatable bonds is 0. The van der Waals surface area contributed by atoms with Crippen LogP contribution in [0.4, 0.5) is 0 Å². The van der Waals surface area contributed by atoms with Crippen LogP contribution in [0.1, 0.15) is 27.7 Å². The summed E-state index contributed by atoms with van der Waals surface area (Å²) in [5.74, 6) is 0. The van der Waals surface area contributed by atoms with Gasteiger partial charge in [-0.1, -0.05) is 90.0 Å². The molecule has 22 heavy (non-hydrogen) atoms. The highest BCUT2D eigenvalue weighted by Gasteiger charge is 2.37. The van der Waals surface area contributed by atoms with E-state index in [-0.39, 0.29) is 0 Å². The van der Waals surface area contributed by atoms with E-state index in [1.807, 2.05) is 70.6 Å². The molecular weight excluding hydrogens is 425 g/mol. The van der Waals surface area contributed by atoms with Gasteiger partial charge in [0.1, 0.15) is 0 Å². The normalized spacial score (nSPS) is 31.4. The van der Waals surface area contributed by atoms with Crippen molar-refractivity contribution in [3.63, 3.8) is 0 Å². The Morgan fingerprint density at radius 2 is 0.955 bits per heavy atom. The van der Waals surface area contributed by atoms with E-state index in [4.69, 9.17) is 0 Å². The second-order valence-electron chi connectivity index (χ2n) is 5.27. The van der Waals surface area contributed by atoms with Gasteiger partial charge in [-0.3, -0.25) is 0 Å². The Labute approximate surface area is 166 Å². The zero-order valence-electron chi connectivity index (χ0n) is 12.4. The lowest BCUT2D eigenvalue weighted by molar-refractivity contribution is 0.931. The van der Waals surface area contributed by atoms with Crippen LogP contribution in [-0.4, -0.2) is 10.5 Å². The average Bonchev–Trinajstić information content (AvgIpc) is 3.10. The van der Waals surface area contributed by atoms with Crippen molar-refractivity contribution in [3.8, 4) is 0 Å². The first-order valence-electron chi connectivity index (χ1n) is 6.82. The molecule has 4 aliphatic heterocycles. The van der Waals surface area contributed by atoms with Gasteiger partial charge in [0.05, 0.1) is 25.4 Å². The minimum atomic E-state index is 0.722. The fourth-order valence-electron chi connectivity index (χ4n) is 1.90. The molecule has 0 nitrogen and oxygen atoms in total. The Hall–Kier alpha value is 1.76. The molecule has 0 aliphatic carbocycles. The summed E-state index contributed by atoms with van der Waals surface area (Å²) >= 11 is 16.1. The molecule has 0 amide bonds. The molecule has 0 saturated carbocycles. The zero-order valence-corrected chi connectivity index (χ0v) is 19.0. The van der Waals surface area contributed by atoms with Gasteiger partial charge in [-0.25, -0.2) is 0 Å². The lowest BCUT2D eigenvalue weighted by Gasteiger charge is -2.24. The topological polar surface area (TPSA) is 0 Å². The van der Waals surface area contributed by atoms with E-state index in [1.54, 1.807) is 8.47 Å². The molecule has 4 rings (SSSR count). The number of thioether (sulfide) groups is 8. The molecule has 2 atom stereocenters. The molecule has 4 aliphatic rings. The van der Waals surface area contributed by atoms with Crippen LogP contribution in [0.3, 0.4) is 0 Å². The van der Waals surface area contributed by atoms with E-state index in [9.17, 15) is 0 Å². The van der Waals surface area contributed by atoms with Gasteiger partial charge < -0.3 is 0 Å². The summed E-state index contributed by atoms with van der Waals surface area (Å²) in [6, 6.07) is 0. The van der Waals surface area contributed by atoms with E-state index in [1.165, 1.54) is 26.8 Å². The fourth-order valence-corrected chi connectivity index (χ4v) is 14.9. The molecule has 0 saturated heterocycles. The molecule has 0 spiro atoms. The molecule has 118 valence electrons. The molecule has 4 heterocycles. The largest absolute Gasteiger partial charge is 0.113 e. The van der Waals surface area contributed by atoms with E-state index < -0.39 is 0 Å². The maximum Gasteiger partial charge on any atom is 0.0718 e. The molecule has 0 aromatic heterocycles. The van der Waals surface area contributed by atoms with Crippen LogP contribution in [0, 0.1) is 0 Å². The second-order valence-corrected chi connectivity index (χ2v) is 16.0. The maximum absolute atomic E-state index is 2.35. The van der Waals surface area contributed by atoms with Crippen molar-refractivity contribution in [1.82, 2.24) is 0 Å². The van der Waals surface area contributed by atoms with Crippen LogP contribution in [0.25, 0.3) is 0 Å². The standard InChI is InChI=1S/C14H14S8/c1-5(2)8-17-11-12(18-8)22-14(21-11)13-19-9-10(20-13)16-7(4)6(3)15-9/h6-7H,1-4H3/t6-,7-/m1/s1. The third kappa shape index (κ3) is 3.24. The fraction of sp³-hybridized carbons (Fsp3) is 0.429. The summed E-state index contributed by atoms with van der Waals surface area (Å²) in [5, 5.41) is 1.44. The first kappa shape index (κ1) is 17.2. The Morgan fingerprint density at radius 3 is 1.36 bits per heavy atom. The van der Waals surface area contributed by atoms with Crippen molar-refractivity contribution in [2.24, 2.45) is 0 Å². The van der Waals surface area contributed by atoms with Crippen molar-refractivity contribution in [2.45, 2.75) is 38.2 Å². The van der Waals surface area contributed by atoms with Gasteiger partial charge in [-0.15, -0.1) is 23.5 Å². The Kier molecular flexibility index (Phi) is 5.33. The number of hydrogen-bond donors (Lipinski definition) is 0. The zero-order chi connectivity index (χ0) is 15.4. The first-order valence-corrected chi connectivity index (χ1v) is 13.5. The predicted molar refractivity (Wildman–Crippen MR) is 119 cm³/mol. The quantitative estimate of drug-likeness (QED) is 0.365. The first-order chi connectivity index (χ1) is 10.5. The molecule has 0 unspecified atom stereocenters. The maximum atomic E-state index is 2.35. The predicted octanol–water partition coefficient (Wildman–Crippen LogP) is 8.31. The molecule has 0 N–H and O–H groups in total. The number of allylic oxidation sites excluding steroid dienone is 1. The van der Waals surface area contributed by atoms with Gasteiger partial charge in [-0.05, 0) is 13.8 Å². The molecule has 0 radical (unpaired) electrons. The van der Waals surface area contributed by atoms with E-state index >= 15 is 0 Å². The third-order valence-electron chi connectivity index (χ3n) is 3.27. The minimum absolute atomic E-state index is 0.722. The van der Waals surface area contributed by atoms with Crippen LogP contribution < -0.4 is 0 Å². The third-order valence-corrected chi connectivity index (χ3v) is 16.0. The highest BCUT2D eigenvalue weighted by atomic mass is 32.3. The lowest BCUT2D eigenvalue weighted by Crippen LogP contribution is -2.14. The number of hydrogen-bond acceptors (Lipinski definition) is 8. The van der Waals surface area contributed by atoms with Crippen LogP contribution >= 0.6 is 94.1 Å². The van der Waals surface area contributed by atoms with Crippen molar-refractivity contribution in [3.05, 3.63) is 35.2 Å². The summed E-state index contributed by atoms with van der Waals surface area (Å²) in [6.07, 6.45) is 0. The molecule has 0 aromatic rings. The lowest BCUT2D eigenvalue weighted by atomic mass is 10.4. The summed E-state index contributed by atoms with van der Waals surface area (Å²) in [7, 11) is 0. The van der Waals surface area contributed by atoms with Crippen LogP contribution in [0.15, 0.2) is 35.2 Å². The highest BCUT2D eigenvalue weighted by molar-refractivity contribution is 8.49. The SMILES string of the molecule is CC(C)=C1SC2=C(S1)SC(=C1SC3=C(S1)S[C@H](C)[C@@H](C)S3)S2. The van der Waals surface area contributed by atoms with Crippen molar-refractivity contribution >= 4 is 94.1 Å². The Bertz CT molecular complexity index is 618. The van der Waals surface area contributed by atoms with E-state index in [0.717, 1.165) is 10.5 Å². The summed E-state index contributed by atoms with van der Waals surface area (Å²) in [5.41, 5.74) is 1.44. The molecule has 8 heteroatoms. The van der Waals surface area contributed by atoms with Crippen molar-refractivity contribution < 1.29 is 0 Å². The van der Waals surface area contributed by atoms with E-state index in [0.29, 0.717) is 0 Å². The van der Waals surface area contributed by atoms with Crippen LogP contribution in [-0.2, 0) is 0 Å². The summed E-state index contributed by atoms with van der Waals surface area (Å²) in [4.78, 5) is 0. The van der Waals surface area contributed by atoms with Crippen LogP contribution in [0.2, 0.25) is 0 Å².